The van der Waals surface area contributed by atoms with Crippen molar-refractivity contribution in [2.75, 3.05) is 0 Å². The molecule has 5 heteroatoms. The Morgan fingerprint density at radius 3 is 2.38 bits per heavy atom. The molecule has 16 heavy (non-hydrogen) atoms. The summed E-state index contributed by atoms with van der Waals surface area (Å²) in [7, 11) is -3.50. The highest BCUT2D eigenvalue weighted by molar-refractivity contribution is 7.91. The third-order valence-corrected chi connectivity index (χ3v) is 3.70. The summed E-state index contributed by atoms with van der Waals surface area (Å²) in [5.41, 5.74) is 0. The zero-order chi connectivity index (χ0) is 12.2. The Kier molecular flexibility index (Phi) is 4.44. The van der Waals surface area contributed by atoms with Crippen LogP contribution in [-0.4, -0.2) is 13.4 Å². The Balaban J connectivity index is 2.78. The fraction of sp³-hybridized carbons (Fsp3) is 0.364. The van der Waals surface area contributed by atoms with Crippen LogP contribution in [0.1, 0.15) is 20.3 Å². The Morgan fingerprint density at radius 2 is 1.88 bits per heavy atom. The van der Waals surface area contributed by atoms with Gasteiger partial charge in [-0.25, -0.2) is 8.42 Å². The topological polar surface area (TPSA) is 46.2 Å². The predicted molar refractivity (Wildman–Crippen MR) is 68.8 cm³/mol. The Morgan fingerprint density at radius 1 is 1.31 bits per heavy atom. The van der Waals surface area contributed by atoms with Crippen molar-refractivity contribution in [3.8, 4) is 0 Å². The van der Waals surface area contributed by atoms with Gasteiger partial charge in [-0.3, -0.25) is 4.72 Å². The van der Waals surface area contributed by atoms with Gasteiger partial charge in [0.2, 0.25) is 0 Å². The van der Waals surface area contributed by atoms with Crippen LogP contribution in [0, 0.1) is 5.92 Å². The van der Waals surface area contributed by atoms with Crippen molar-refractivity contribution in [3.63, 3.8) is 0 Å². The zero-order valence-corrected chi connectivity index (χ0v) is 10.9. The SMILES string of the molecule is CC(C)CC(=S)NS(=O)(=O)c1ccccc1. The lowest BCUT2D eigenvalue weighted by Gasteiger charge is -2.10. The first-order valence-electron chi connectivity index (χ1n) is 5.02. The molecule has 0 aromatic heterocycles. The summed E-state index contributed by atoms with van der Waals surface area (Å²) in [6, 6.07) is 8.21. The van der Waals surface area contributed by atoms with Crippen LogP contribution in [0.2, 0.25) is 0 Å². The summed E-state index contributed by atoms with van der Waals surface area (Å²) in [4.78, 5) is 0.597. The zero-order valence-electron chi connectivity index (χ0n) is 9.30. The van der Waals surface area contributed by atoms with Crippen molar-refractivity contribution >= 4 is 27.2 Å². The van der Waals surface area contributed by atoms with Gasteiger partial charge in [0.05, 0.1) is 9.88 Å². The molecule has 0 saturated heterocycles. The summed E-state index contributed by atoms with van der Waals surface area (Å²) in [6.45, 7) is 3.98. The Hall–Kier alpha value is -0.940. The van der Waals surface area contributed by atoms with Gasteiger partial charge in [0.25, 0.3) is 10.0 Å². The summed E-state index contributed by atoms with van der Waals surface area (Å²) >= 11 is 4.99. The molecule has 0 radical (unpaired) electrons. The molecule has 1 aromatic rings. The number of sulfonamides is 1. The van der Waals surface area contributed by atoms with Crippen LogP contribution in [0.15, 0.2) is 35.2 Å². The van der Waals surface area contributed by atoms with Crippen LogP contribution >= 0.6 is 12.2 Å². The highest BCUT2D eigenvalue weighted by atomic mass is 32.2. The van der Waals surface area contributed by atoms with E-state index in [4.69, 9.17) is 12.2 Å². The summed E-state index contributed by atoms with van der Waals surface area (Å²) in [5.74, 6) is 0.339. The quantitative estimate of drug-likeness (QED) is 0.842. The monoisotopic (exact) mass is 257 g/mol. The standard InChI is InChI=1S/C11H15NO2S2/c1-9(2)8-11(15)12-16(13,14)10-6-4-3-5-7-10/h3-7,9H,8H2,1-2H3,(H,12,15). The number of hydrogen-bond donors (Lipinski definition) is 1. The summed E-state index contributed by atoms with van der Waals surface area (Å²) in [5, 5.41) is 0. The van der Waals surface area contributed by atoms with Crippen LogP contribution in [0.4, 0.5) is 0 Å². The first kappa shape index (κ1) is 13.1. The number of benzene rings is 1. The van der Waals surface area contributed by atoms with E-state index in [2.05, 4.69) is 4.72 Å². The maximum Gasteiger partial charge on any atom is 0.262 e. The molecule has 0 atom stereocenters. The molecule has 0 aliphatic heterocycles. The average molecular weight is 257 g/mol. The predicted octanol–water partition coefficient (Wildman–Crippen LogP) is 2.34. The van der Waals surface area contributed by atoms with Gasteiger partial charge in [0, 0.05) is 6.42 Å². The van der Waals surface area contributed by atoms with Gasteiger partial charge < -0.3 is 0 Å². The van der Waals surface area contributed by atoms with Crippen LogP contribution < -0.4 is 4.72 Å². The third kappa shape index (κ3) is 3.90. The molecular weight excluding hydrogens is 242 g/mol. The second-order valence-electron chi connectivity index (χ2n) is 3.94. The first-order chi connectivity index (χ1) is 7.42. The maximum atomic E-state index is 11.8. The fourth-order valence-electron chi connectivity index (χ4n) is 1.22. The molecule has 0 aliphatic carbocycles. The molecule has 0 unspecified atom stereocenters. The number of hydrogen-bond acceptors (Lipinski definition) is 3. The molecule has 0 fully saturated rings. The van der Waals surface area contributed by atoms with Crippen molar-refractivity contribution in [2.45, 2.75) is 25.2 Å². The molecule has 0 amide bonds. The van der Waals surface area contributed by atoms with Crippen molar-refractivity contribution in [1.29, 1.82) is 0 Å². The number of nitrogens with one attached hydrogen (secondary N) is 1. The van der Waals surface area contributed by atoms with E-state index in [1.54, 1.807) is 30.3 Å². The smallest absolute Gasteiger partial charge is 0.262 e. The second-order valence-corrected chi connectivity index (χ2v) is 6.11. The van der Waals surface area contributed by atoms with E-state index < -0.39 is 10.0 Å². The average Bonchev–Trinajstić information content (AvgIpc) is 2.16. The maximum absolute atomic E-state index is 11.8. The lowest BCUT2D eigenvalue weighted by atomic mass is 10.1. The van der Waals surface area contributed by atoms with Crippen LogP contribution in [0.3, 0.4) is 0 Å². The molecule has 1 N–H and O–H groups in total. The largest absolute Gasteiger partial charge is 0.273 e. The van der Waals surface area contributed by atoms with Crippen LogP contribution in [0.25, 0.3) is 0 Å². The molecule has 88 valence electrons. The van der Waals surface area contributed by atoms with E-state index in [1.807, 2.05) is 13.8 Å². The Labute approximate surface area is 102 Å². The number of rotatable bonds is 4. The molecule has 0 aliphatic rings. The van der Waals surface area contributed by atoms with Crippen LogP contribution in [0.5, 0.6) is 0 Å². The molecule has 0 spiro atoms. The highest BCUT2D eigenvalue weighted by Crippen LogP contribution is 2.09. The minimum absolute atomic E-state index is 0.237. The van der Waals surface area contributed by atoms with Gasteiger partial charge in [0.1, 0.15) is 0 Å². The van der Waals surface area contributed by atoms with Gasteiger partial charge in [-0.05, 0) is 18.1 Å². The number of thiocarbonyl (C=S) groups is 1. The molecule has 0 heterocycles. The molecular formula is C11H15NO2S2. The van der Waals surface area contributed by atoms with E-state index in [9.17, 15) is 8.42 Å². The summed E-state index contributed by atoms with van der Waals surface area (Å²) < 4.78 is 26.1. The lowest BCUT2D eigenvalue weighted by molar-refractivity contribution is 0.591. The molecule has 0 bridgehead atoms. The highest BCUT2D eigenvalue weighted by Gasteiger charge is 2.15. The van der Waals surface area contributed by atoms with E-state index in [-0.39, 0.29) is 4.90 Å². The third-order valence-electron chi connectivity index (χ3n) is 1.90. The van der Waals surface area contributed by atoms with Gasteiger partial charge in [-0.2, -0.15) is 0 Å². The van der Waals surface area contributed by atoms with Crippen molar-refractivity contribution in [3.05, 3.63) is 30.3 Å². The van der Waals surface area contributed by atoms with E-state index in [0.717, 1.165) is 0 Å². The minimum atomic E-state index is -3.50. The Bertz CT molecular complexity index is 452. The van der Waals surface area contributed by atoms with Crippen molar-refractivity contribution in [1.82, 2.24) is 4.72 Å². The van der Waals surface area contributed by atoms with E-state index in [0.29, 0.717) is 17.3 Å². The molecule has 1 aromatic carbocycles. The second kappa shape index (κ2) is 5.41. The summed E-state index contributed by atoms with van der Waals surface area (Å²) in [6.07, 6.45) is 0.571. The molecule has 0 saturated carbocycles. The normalized spacial score (nSPS) is 11.4. The molecule has 3 nitrogen and oxygen atoms in total. The minimum Gasteiger partial charge on any atom is -0.273 e. The van der Waals surface area contributed by atoms with Crippen LogP contribution in [-0.2, 0) is 10.0 Å². The first-order valence-corrected chi connectivity index (χ1v) is 6.91. The van der Waals surface area contributed by atoms with E-state index >= 15 is 0 Å². The van der Waals surface area contributed by atoms with Crippen molar-refractivity contribution in [2.24, 2.45) is 5.92 Å². The fourth-order valence-corrected chi connectivity index (χ4v) is 2.90. The van der Waals surface area contributed by atoms with Gasteiger partial charge in [-0.15, -0.1) is 0 Å². The van der Waals surface area contributed by atoms with Gasteiger partial charge in [0.15, 0.2) is 0 Å². The molecule has 1 rings (SSSR count). The van der Waals surface area contributed by atoms with E-state index in [1.165, 1.54) is 0 Å². The van der Waals surface area contributed by atoms with Gasteiger partial charge >= 0.3 is 0 Å². The van der Waals surface area contributed by atoms with Gasteiger partial charge in [-0.1, -0.05) is 44.3 Å². The van der Waals surface area contributed by atoms with Crippen molar-refractivity contribution < 1.29 is 8.42 Å². The lowest BCUT2D eigenvalue weighted by Crippen LogP contribution is -2.29.